The van der Waals surface area contributed by atoms with Gasteiger partial charge in [-0.2, -0.15) is 16.3 Å². The van der Waals surface area contributed by atoms with Crippen molar-refractivity contribution in [3.63, 3.8) is 0 Å². The van der Waals surface area contributed by atoms with Gasteiger partial charge in [0, 0.05) is 18.9 Å². The van der Waals surface area contributed by atoms with Crippen LogP contribution in [0.4, 0.5) is 0 Å². The van der Waals surface area contributed by atoms with Gasteiger partial charge in [0.05, 0.1) is 0 Å². The number of rotatable bonds is 6. The van der Waals surface area contributed by atoms with Crippen molar-refractivity contribution in [3.05, 3.63) is 34.1 Å². The van der Waals surface area contributed by atoms with Gasteiger partial charge in [0.1, 0.15) is 0 Å². The maximum absolute atomic E-state index is 5.22. The zero-order valence-electron chi connectivity index (χ0n) is 10.1. The van der Waals surface area contributed by atoms with Gasteiger partial charge >= 0.3 is 0 Å². The molecule has 0 aliphatic rings. The summed E-state index contributed by atoms with van der Waals surface area (Å²) in [6, 6.07) is 2.50. The van der Waals surface area contributed by atoms with E-state index in [1.54, 1.807) is 11.3 Å². The van der Waals surface area contributed by atoms with Crippen LogP contribution in [0.5, 0.6) is 0 Å². The van der Waals surface area contributed by atoms with E-state index in [2.05, 4.69) is 39.2 Å². The van der Waals surface area contributed by atoms with Crippen LogP contribution in [0.25, 0.3) is 0 Å². The van der Waals surface area contributed by atoms with Crippen molar-refractivity contribution in [1.29, 1.82) is 0 Å². The molecule has 5 heteroatoms. The summed E-state index contributed by atoms with van der Waals surface area (Å²) in [7, 11) is 1.93. The van der Waals surface area contributed by atoms with E-state index in [-0.39, 0.29) is 0 Å². The third-order valence-electron chi connectivity index (χ3n) is 2.70. The quantitative estimate of drug-likeness (QED) is 0.854. The Bertz CT molecular complexity index is 438. The van der Waals surface area contributed by atoms with Gasteiger partial charge in [0.25, 0.3) is 0 Å². The van der Waals surface area contributed by atoms with Crippen LogP contribution in [0.3, 0.4) is 0 Å². The van der Waals surface area contributed by atoms with Crippen molar-refractivity contribution in [2.45, 2.75) is 32.2 Å². The molecule has 0 fully saturated rings. The average molecular weight is 251 g/mol. The van der Waals surface area contributed by atoms with Gasteiger partial charge in [-0.05, 0) is 42.8 Å². The van der Waals surface area contributed by atoms with E-state index in [4.69, 9.17) is 4.52 Å². The van der Waals surface area contributed by atoms with Crippen molar-refractivity contribution >= 4 is 11.3 Å². The van der Waals surface area contributed by atoms with Crippen molar-refractivity contribution in [2.75, 3.05) is 7.05 Å². The summed E-state index contributed by atoms with van der Waals surface area (Å²) in [4.78, 5) is 4.38. The minimum Gasteiger partial charge on any atom is -0.339 e. The molecule has 17 heavy (non-hydrogen) atoms. The van der Waals surface area contributed by atoms with Gasteiger partial charge < -0.3 is 9.84 Å². The van der Waals surface area contributed by atoms with Gasteiger partial charge in [0.2, 0.25) is 5.89 Å². The Kier molecular flexibility index (Phi) is 4.28. The van der Waals surface area contributed by atoms with Crippen molar-refractivity contribution in [1.82, 2.24) is 15.5 Å². The van der Waals surface area contributed by atoms with Gasteiger partial charge in [-0.15, -0.1) is 0 Å². The van der Waals surface area contributed by atoms with Crippen LogP contribution in [0.2, 0.25) is 0 Å². The lowest BCUT2D eigenvalue weighted by Crippen LogP contribution is -2.24. The molecule has 1 atom stereocenters. The normalized spacial score (nSPS) is 12.8. The highest BCUT2D eigenvalue weighted by Crippen LogP contribution is 2.10. The second kappa shape index (κ2) is 5.93. The number of nitrogens with zero attached hydrogens (tertiary/aromatic N) is 2. The molecular formula is C12H17N3OS. The molecule has 1 unspecified atom stereocenters. The summed E-state index contributed by atoms with van der Waals surface area (Å²) in [5.41, 5.74) is 1.33. The molecule has 2 heterocycles. The summed E-state index contributed by atoms with van der Waals surface area (Å²) in [5, 5.41) is 11.4. The van der Waals surface area contributed by atoms with Gasteiger partial charge in [-0.25, -0.2) is 0 Å². The summed E-state index contributed by atoms with van der Waals surface area (Å²) in [6.45, 7) is 2.10. The Morgan fingerprint density at radius 3 is 3.06 bits per heavy atom. The molecule has 0 amide bonds. The first-order chi connectivity index (χ1) is 8.28. The van der Waals surface area contributed by atoms with E-state index < -0.39 is 0 Å². The third-order valence-corrected chi connectivity index (χ3v) is 3.43. The molecular weight excluding hydrogens is 234 g/mol. The van der Waals surface area contributed by atoms with Crippen LogP contribution in [0.15, 0.2) is 21.3 Å². The summed E-state index contributed by atoms with van der Waals surface area (Å²) in [6.07, 6.45) is 2.59. The van der Waals surface area contributed by atoms with E-state index in [1.165, 1.54) is 5.56 Å². The van der Waals surface area contributed by atoms with E-state index in [0.717, 1.165) is 31.0 Å². The van der Waals surface area contributed by atoms with Crippen LogP contribution in [-0.2, 0) is 19.3 Å². The summed E-state index contributed by atoms with van der Waals surface area (Å²) >= 11 is 1.72. The smallest absolute Gasteiger partial charge is 0.226 e. The SMILES string of the molecule is CNC(C)Cc1noc(CCc2ccsc2)n1. The van der Waals surface area contributed by atoms with Gasteiger partial charge in [-0.1, -0.05) is 5.16 Å². The molecule has 0 saturated heterocycles. The molecule has 92 valence electrons. The van der Waals surface area contributed by atoms with Crippen LogP contribution in [0.1, 0.15) is 24.2 Å². The lowest BCUT2D eigenvalue weighted by atomic mass is 10.2. The highest BCUT2D eigenvalue weighted by atomic mass is 32.1. The number of thiophene rings is 1. The molecule has 1 N–H and O–H groups in total. The third kappa shape index (κ3) is 3.64. The highest BCUT2D eigenvalue weighted by Gasteiger charge is 2.09. The van der Waals surface area contributed by atoms with Crippen molar-refractivity contribution in [2.24, 2.45) is 0 Å². The van der Waals surface area contributed by atoms with Crippen LogP contribution >= 0.6 is 11.3 Å². The summed E-state index contributed by atoms with van der Waals surface area (Å²) in [5.74, 6) is 1.52. The fourth-order valence-corrected chi connectivity index (χ4v) is 2.24. The molecule has 2 aromatic rings. The minimum absolute atomic E-state index is 0.373. The molecule has 0 saturated carbocycles. The predicted molar refractivity (Wildman–Crippen MR) is 68.3 cm³/mol. The number of likely N-dealkylation sites (N-methyl/N-ethyl adjacent to an activating group) is 1. The Labute approximate surface area is 105 Å². The zero-order valence-corrected chi connectivity index (χ0v) is 11.0. The molecule has 0 spiro atoms. The second-order valence-corrected chi connectivity index (χ2v) is 4.91. The number of aromatic nitrogens is 2. The zero-order chi connectivity index (χ0) is 12.1. The number of aryl methyl sites for hydroxylation is 2. The fourth-order valence-electron chi connectivity index (χ4n) is 1.54. The van der Waals surface area contributed by atoms with E-state index in [1.807, 2.05) is 7.05 Å². The number of nitrogens with one attached hydrogen (secondary N) is 1. The van der Waals surface area contributed by atoms with Crippen LogP contribution in [0, 0.1) is 0 Å². The van der Waals surface area contributed by atoms with Gasteiger partial charge in [-0.3, -0.25) is 0 Å². The number of hydrogen-bond donors (Lipinski definition) is 1. The number of hydrogen-bond acceptors (Lipinski definition) is 5. The Balaban J connectivity index is 1.85. The molecule has 0 radical (unpaired) electrons. The first-order valence-corrected chi connectivity index (χ1v) is 6.72. The lowest BCUT2D eigenvalue weighted by Gasteiger charge is -2.04. The first kappa shape index (κ1) is 12.3. The largest absolute Gasteiger partial charge is 0.339 e. The topological polar surface area (TPSA) is 51.0 Å². The van der Waals surface area contributed by atoms with E-state index in [9.17, 15) is 0 Å². The molecule has 0 aliphatic carbocycles. The fraction of sp³-hybridized carbons (Fsp3) is 0.500. The first-order valence-electron chi connectivity index (χ1n) is 5.77. The minimum atomic E-state index is 0.373. The van der Waals surface area contributed by atoms with Gasteiger partial charge in [0.15, 0.2) is 5.82 Å². The molecule has 2 rings (SSSR count). The molecule has 0 aliphatic heterocycles. The molecule has 0 bridgehead atoms. The second-order valence-electron chi connectivity index (χ2n) is 4.13. The van der Waals surface area contributed by atoms with Crippen molar-refractivity contribution < 1.29 is 4.52 Å². The molecule has 0 aromatic carbocycles. The Morgan fingerprint density at radius 1 is 1.47 bits per heavy atom. The molecule has 4 nitrogen and oxygen atoms in total. The van der Waals surface area contributed by atoms with Crippen LogP contribution in [-0.4, -0.2) is 23.2 Å². The molecule has 2 aromatic heterocycles. The highest BCUT2D eigenvalue weighted by molar-refractivity contribution is 7.07. The van der Waals surface area contributed by atoms with E-state index in [0.29, 0.717) is 6.04 Å². The standard InChI is InChI=1S/C12H17N3OS/c1-9(13-2)7-11-14-12(16-15-11)4-3-10-5-6-17-8-10/h5-6,8-9,13H,3-4,7H2,1-2H3. The lowest BCUT2D eigenvalue weighted by molar-refractivity contribution is 0.371. The summed E-state index contributed by atoms with van der Waals surface area (Å²) < 4.78 is 5.22. The maximum Gasteiger partial charge on any atom is 0.226 e. The maximum atomic E-state index is 5.22. The Hall–Kier alpha value is -1.20. The van der Waals surface area contributed by atoms with E-state index >= 15 is 0 Å². The van der Waals surface area contributed by atoms with Crippen LogP contribution < -0.4 is 5.32 Å². The predicted octanol–water partition coefficient (Wildman–Crippen LogP) is 2.07. The average Bonchev–Trinajstić information content (AvgIpc) is 2.97. The Morgan fingerprint density at radius 2 is 2.35 bits per heavy atom. The monoisotopic (exact) mass is 251 g/mol. The van der Waals surface area contributed by atoms with Crippen molar-refractivity contribution in [3.8, 4) is 0 Å².